The van der Waals surface area contributed by atoms with E-state index in [2.05, 4.69) is 4.74 Å². The van der Waals surface area contributed by atoms with Crippen LogP contribution in [0.15, 0.2) is 0 Å². The fourth-order valence-corrected chi connectivity index (χ4v) is 2.88. The minimum atomic E-state index is -0.432. The zero-order valence-corrected chi connectivity index (χ0v) is 7.28. The van der Waals surface area contributed by atoms with E-state index in [1.807, 2.05) is 6.92 Å². The average Bonchev–Trinajstić information content (AvgIpc) is 2.62. The predicted octanol–water partition coefficient (Wildman–Crippen LogP) is 0.254. The summed E-state index contributed by atoms with van der Waals surface area (Å²) in [5.41, 5.74) is -0.432. The van der Waals surface area contributed by atoms with Gasteiger partial charge in [0, 0.05) is 0 Å². The molecule has 0 amide bonds. The average molecular weight is 182 g/mol. The Morgan fingerprint density at radius 2 is 2.15 bits per heavy atom. The van der Waals surface area contributed by atoms with Crippen molar-refractivity contribution in [3.8, 4) is 0 Å². The molecule has 70 valence electrons. The molecule has 0 aromatic carbocycles. The molecule has 3 aliphatic heterocycles. The summed E-state index contributed by atoms with van der Waals surface area (Å²) < 4.78 is 10.3. The van der Waals surface area contributed by atoms with Crippen LogP contribution in [-0.2, 0) is 19.1 Å². The molecule has 3 rings (SSSR count). The van der Waals surface area contributed by atoms with Crippen LogP contribution in [0.2, 0.25) is 0 Å². The lowest BCUT2D eigenvalue weighted by Crippen LogP contribution is -2.37. The Labute approximate surface area is 75.2 Å². The van der Waals surface area contributed by atoms with Gasteiger partial charge in [-0.3, -0.25) is 9.59 Å². The number of cyclic esters (lactones) is 2. The molecule has 0 spiro atoms. The summed E-state index contributed by atoms with van der Waals surface area (Å²) in [7, 11) is 0. The molecule has 3 saturated heterocycles. The Balaban J connectivity index is 2.08. The first kappa shape index (κ1) is 7.50. The van der Waals surface area contributed by atoms with Gasteiger partial charge in [0.05, 0.1) is 17.6 Å². The molecule has 4 nitrogen and oxygen atoms in total. The SMILES string of the molecule is C[C@@]12CC[C@@H](O1)[C@H]1C(=O)OC(=O)[C@@H]12. The van der Waals surface area contributed by atoms with Gasteiger partial charge in [0.25, 0.3) is 0 Å². The smallest absolute Gasteiger partial charge is 0.320 e. The van der Waals surface area contributed by atoms with Crippen LogP contribution in [0.4, 0.5) is 0 Å². The van der Waals surface area contributed by atoms with Crippen LogP contribution < -0.4 is 0 Å². The van der Waals surface area contributed by atoms with Gasteiger partial charge in [0.15, 0.2) is 0 Å². The molecular weight excluding hydrogens is 172 g/mol. The fraction of sp³-hybridized carbons (Fsp3) is 0.778. The first-order valence-electron chi connectivity index (χ1n) is 4.55. The van der Waals surface area contributed by atoms with Crippen LogP contribution in [0.3, 0.4) is 0 Å². The van der Waals surface area contributed by atoms with E-state index < -0.39 is 5.60 Å². The summed E-state index contributed by atoms with van der Waals surface area (Å²) in [6.45, 7) is 1.90. The quantitative estimate of drug-likeness (QED) is 0.398. The summed E-state index contributed by atoms with van der Waals surface area (Å²) in [6, 6.07) is 0. The van der Waals surface area contributed by atoms with Crippen molar-refractivity contribution in [3.63, 3.8) is 0 Å². The highest BCUT2D eigenvalue weighted by molar-refractivity contribution is 5.98. The second-order valence-corrected chi connectivity index (χ2v) is 4.25. The molecule has 4 atom stereocenters. The number of carbonyl (C=O) groups excluding carboxylic acids is 2. The highest BCUT2D eigenvalue weighted by atomic mass is 16.6. The number of carbonyl (C=O) groups is 2. The maximum absolute atomic E-state index is 11.3. The van der Waals surface area contributed by atoms with Gasteiger partial charge < -0.3 is 9.47 Å². The third-order valence-corrected chi connectivity index (χ3v) is 3.49. The Morgan fingerprint density at radius 3 is 2.85 bits per heavy atom. The van der Waals surface area contributed by atoms with Crippen LogP contribution in [0.5, 0.6) is 0 Å². The van der Waals surface area contributed by atoms with Gasteiger partial charge in [0.2, 0.25) is 0 Å². The topological polar surface area (TPSA) is 52.6 Å². The number of hydrogen-bond donors (Lipinski definition) is 0. The normalized spacial score (nSPS) is 52.5. The number of rotatable bonds is 0. The van der Waals surface area contributed by atoms with E-state index >= 15 is 0 Å². The minimum Gasteiger partial charge on any atom is -0.393 e. The third-order valence-electron chi connectivity index (χ3n) is 3.49. The third kappa shape index (κ3) is 0.705. The zero-order valence-electron chi connectivity index (χ0n) is 7.28. The van der Waals surface area contributed by atoms with Crippen molar-refractivity contribution in [2.24, 2.45) is 11.8 Å². The summed E-state index contributed by atoms with van der Waals surface area (Å²) in [5, 5.41) is 0. The molecule has 0 aromatic heterocycles. The van der Waals surface area contributed by atoms with Gasteiger partial charge in [-0.25, -0.2) is 0 Å². The van der Waals surface area contributed by atoms with Gasteiger partial charge in [-0.2, -0.15) is 0 Å². The molecule has 0 radical (unpaired) electrons. The monoisotopic (exact) mass is 182 g/mol. The molecule has 0 aliphatic carbocycles. The molecule has 0 N–H and O–H groups in total. The van der Waals surface area contributed by atoms with E-state index in [4.69, 9.17) is 4.74 Å². The van der Waals surface area contributed by atoms with E-state index in [1.165, 1.54) is 0 Å². The predicted molar refractivity (Wildman–Crippen MR) is 40.6 cm³/mol. The number of esters is 2. The van der Waals surface area contributed by atoms with Gasteiger partial charge in [-0.1, -0.05) is 0 Å². The van der Waals surface area contributed by atoms with Gasteiger partial charge in [-0.05, 0) is 19.8 Å². The van der Waals surface area contributed by atoms with Gasteiger partial charge in [-0.15, -0.1) is 0 Å². The van der Waals surface area contributed by atoms with Crippen LogP contribution in [0.25, 0.3) is 0 Å². The van der Waals surface area contributed by atoms with Crippen molar-refractivity contribution in [2.45, 2.75) is 31.5 Å². The maximum atomic E-state index is 11.3. The zero-order chi connectivity index (χ0) is 9.22. The van der Waals surface area contributed by atoms with Crippen molar-refractivity contribution in [1.82, 2.24) is 0 Å². The van der Waals surface area contributed by atoms with Crippen LogP contribution in [0.1, 0.15) is 19.8 Å². The largest absolute Gasteiger partial charge is 0.393 e. The van der Waals surface area contributed by atoms with Crippen LogP contribution in [-0.4, -0.2) is 23.6 Å². The Bertz CT molecular complexity index is 311. The van der Waals surface area contributed by atoms with Crippen molar-refractivity contribution in [2.75, 3.05) is 0 Å². The van der Waals surface area contributed by atoms with E-state index in [-0.39, 0.29) is 29.9 Å². The summed E-state index contributed by atoms with van der Waals surface area (Å²) in [6.07, 6.45) is 1.66. The molecule has 13 heavy (non-hydrogen) atoms. The maximum Gasteiger partial charge on any atom is 0.320 e. The number of hydrogen-bond acceptors (Lipinski definition) is 4. The lowest BCUT2D eigenvalue weighted by Gasteiger charge is -2.24. The van der Waals surface area contributed by atoms with E-state index in [0.29, 0.717) is 0 Å². The minimum absolute atomic E-state index is 0.0750. The summed E-state index contributed by atoms with van der Waals surface area (Å²) >= 11 is 0. The van der Waals surface area contributed by atoms with Gasteiger partial charge in [0.1, 0.15) is 5.92 Å². The molecule has 3 heterocycles. The van der Waals surface area contributed by atoms with Crippen molar-refractivity contribution < 1.29 is 19.1 Å². The Kier molecular flexibility index (Phi) is 1.12. The molecule has 0 unspecified atom stereocenters. The standard InChI is InChI=1S/C9H10O4/c1-9-3-2-4(13-9)5-6(9)8(11)12-7(5)10/h4-6H,2-3H2,1H3/t4-,5-,6-,9+/m1/s1. The molecule has 4 heteroatoms. The highest BCUT2D eigenvalue weighted by Crippen LogP contribution is 2.54. The lowest BCUT2D eigenvalue weighted by molar-refractivity contribution is -0.158. The van der Waals surface area contributed by atoms with E-state index in [9.17, 15) is 9.59 Å². The van der Waals surface area contributed by atoms with Crippen molar-refractivity contribution >= 4 is 11.9 Å². The fourth-order valence-electron chi connectivity index (χ4n) is 2.88. The van der Waals surface area contributed by atoms with Crippen molar-refractivity contribution in [1.29, 1.82) is 0 Å². The van der Waals surface area contributed by atoms with Gasteiger partial charge >= 0.3 is 11.9 Å². The number of ether oxygens (including phenoxy) is 2. The first-order chi connectivity index (χ1) is 6.12. The molecule has 0 saturated carbocycles. The Morgan fingerprint density at radius 1 is 1.38 bits per heavy atom. The molecule has 0 aromatic rings. The first-order valence-corrected chi connectivity index (χ1v) is 4.55. The molecular formula is C9H10O4. The second kappa shape index (κ2) is 1.95. The van der Waals surface area contributed by atoms with E-state index in [0.717, 1.165) is 12.8 Å². The molecule has 2 bridgehead atoms. The summed E-state index contributed by atoms with van der Waals surface area (Å²) in [4.78, 5) is 22.6. The Hall–Kier alpha value is -0.900. The van der Waals surface area contributed by atoms with Crippen molar-refractivity contribution in [3.05, 3.63) is 0 Å². The molecule has 3 aliphatic rings. The number of fused-ring (bicyclic) bond motifs is 5. The molecule has 3 fully saturated rings. The van der Waals surface area contributed by atoms with Crippen LogP contribution >= 0.6 is 0 Å². The highest BCUT2D eigenvalue weighted by Gasteiger charge is 2.66. The summed E-state index contributed by atoms with van der Waals surface area (Å²) in [5.74, 6) is -1.42. The second-order valence-electron chi connectivity index (χ2n) is 4.25. The lowest BCUT2D eigenvalue weighted by atomic mass is 9.74. The van der Waals surface area contributed by atoms with Crippen LogP contribution in [0, 0.1) is 11.8 Å². The van der Waals surface area contributed by atoms with E-state index in [1.54, 1.807) is 0 Å².